The molecule has 0 atom stereocenters. The van der Waals surface area contributed by atoms with Crippen molar-refractivity contribution in [2.45, 2.75) is 262 Å². The fraction of sp³-hybridized carbons (Fsp3) is 0.761. The van der Waals surface area contributed by atoms with Gasteiger partial charge in [-0.25, -0.2) is 0 Å². The average molecular weight is 1310 g/mol. The molecule has 0 amide bonds. The molecular weight excluding hydrogens is 1190 g/mol. The number of halogens is 5. The van der Waals surface area contributed by atoms with Crippen molar-refractivity contribution in [3.8, 4) is 0 Å². The molecule has 2 N–H and O–H groups in total. The second-order valence-corrected chi connectivity index (χ2v) is 23.2. The molecule has 0 heterocycles. The molecule has 0 aliphatic heterocycles. The van der Waals surface area contributed by atoms with Gasteiger partial charge in [-0.3, -0.25) is 19.2 Å². The van der Waals surface area contributed by atoms with E-state index in [9.17, 15) is 19.2 Å². The van der Waals surface area contributed by atoms with Crippen LogP contribution in [0.25, 0.3) is 0 Å². The summed E-state index contributed by atoms with van der Waals surface area (Å²) in [6.07, 6.45) is 35.9. The average Bonchev–Trinajstić information content (AvgIpc) is 3.41. The molecule has 15 heteroatoms. The molecule has 2 aromatic rings. The summed E-state index contributed by atoms with van der Waals surface area (Å²) in [6.45, 7) is 28.0. The minimum atomic E-state index is -0.0877. The number of ketones is 2. The van der Waals surface area contributed by atoms with E-state index < -0.39 is 0 Å². The van der Waals surface area contributed by atoms with E-state index in [0.717, 1.165) is 63.0 Å². The van der Waals surface area contributed by atoms with Crippen LogP contribution in [0, 0.1) is 27.7 Å². The Morgan fingerprint density at radius 1 is 0.415 bits per heavy atom. The number of likely N-dealkylation sites (N-methyl/N-ethyl adjacent to an activating group) is 2. The molecule has 9 nitrogen and oxygen atoms in total. The number of aryl methyl sites for hydroxylation is 4. The Labute approximate surface area is 559 Å². The molecule has 0 aliphatic rings. The van der Waals surface area contributed by atoms with Crippen LogP contribution < -0.4 is 71.4 Å². The van der Waals surface area contributed by atoms with Gasteiger partial charge in [0.2, 0.25) is 0 Å². The predicted molar refractivity (Wildman–Crippen MR) is 334 cm³/mol. The molecule has 0 saturated heterocycles. The summed E-state index contributed by atoms with van der Waals surface area (Å²) in [6, 6.07) is 12.4. The van der Waals surface area contributed by atoms with E-state index in [4.69, 9.17) is 32.7 Å². The molecule has 2 rings (SSSR count). The van der Waals surface area contributed by atoms with Crippen molar-refractivity contribution < 1.29 is 114 Å². The summed E-state index contributed by atoms with van der Waals surface area (Å²) < 4.78 is 12.5. The van der Waals surface area contributed by atoms with E-state index in [-0.39, 0.29) is 106 Å². The molecule has 0 fully saturated rings. The Hall–Kier alpha value is -0.760. The van der Waals surface area contributed by atoms with Gasteiger partial charge in [0.25, 0.3) is 0 Å². The first kappa shape index (κ1) is 92.4. The summed E-state index contributed by atoms with van der Waals surface area (Å²) in [5, 5.41) is 0.194. The monoisotopic (exact) mass is 1310 g/mol. The number of alkyl halides is 2. The van der Waals surface area contributed by atoms with Gasteiger partial charge in [-0.15, -0.1) is 23.2 Å². The van der Waals surface area contributed by atoms with Gasteiger partial charge in [-0.05, 0) is 102 Å². The first-order valence-electron chi connectivity index (χ1n) is 31.4. The van der Waals surface area contributed by atoms with Crippen molar-refractivity contribution >= 4 is 46.7 Å². The van der Waals surface area contributed by atoms with Gasteiger partial charge in [0.1, 0.15) is 39.4 Å². The first-order chi connectivity index (χ1) is 37.2. The molecule has 2 aromatic carbocycles. The van der Waals surface area contributed by atoms with E-state index in [1.807, 2.05) is 12.1 Å². The van der Waals surface area contributed by atoms with E-state index in [1.165, 1.54) is 164 Å². The molecule has 0 radical (unpaired) electrons. The molecule has 0 unspecified atom stereocenters. The molecule has 0 spiro atoms. The van der Waals surface area contributed by atoms with Gasteiger partial charge in [0, 0.05) is 25.7 Å². The van der Waals surface area contributed by atoms with Crippen LogP contribution >= 0.6 is 23.2 Å². The number of carbonyl (C=O) groups is 4. The number of quaternary nitrogens is 2. The zero-order valence-corrected chi connectivity index (χ0v) is 60.8. The Morgan fingerprint density at radius 2 is 0.634 bits per heavy atom. The van der Waals surface area contributed by atoms with Crippen molar-refractivity contribution in [3.05, 3.63) is 69.8 Å². The fourth-order valence-electron chi connectivity index (χ4n) is 10.6. The summed E-state index contributed by atoms with van der Waals surface area (Å²) in [4.78, 5) is 50.4. The summed E-state index contributed by atoms with van der Waals surface area (Å²) in [5.41, 5.74) is 7.04. The number of rotatable bonds is 46. The second kappa shape index (κ2) is 61.9. The summed E-state index contributed by atoms with van der Waals surface area (Å²) >= 11 is 9.53. The number of Topliss-reactive ketones (excluding diaryl/α,β-unsaturated/α-hetero) is 2. The van der Waals surface area contributed by atoms with Crippen molar-refractivity contribution in [2.75, 3.05) is 70.9 Å². The SMILES string of the molecule is CCCCCCCCCCCCCCCC(=O)OCC[N+](CC)(CC)CC(=O)Cc1c(C)cccc1C.CCCCCCCCCCCCCCCC(=O)OCC[N+](CC)(CC)CC(=O)Cc1c(C)cccc1C.ClCCl.O.[Br-].[Cl-].[Cl-].[Na+]. The number of esters is 2. The van der Waals surface area contributed by atoms with Crippen LogP contribution in [0.4, 0.5) is 0 Å². The van der Waals surface area contributed by atoms with Crippen LogP contribution in [0.5, 0.6) is 0 Å². The zero-order chi connectivity index (χ0) is 57.4. The number of hydrogen-bond acceptors (Lipinski definition) is 6. The van der Waals surface area contributed by atoms with Crippen LogP contribution in [0.2, 0.25) is 0 Å². The van der Waals surface area contributed by atoms with Crippen molar-refractivity contribution in [3.63, 3.8) is 0 Å². The maximum Gasteiger partial charge on any atom is 1.00 e. The normalized spacial score (nSPS) is 10.7. The topological polar surface area (TPSA) is 118 Å². The molecule has 82 heavy (non-hydrogen) atoms. The summed E-state index contributed by atoms with van der Waals surface area (Å²) in [5.74, 6) is 0.351. The van der Waals surface area contributed by atoms with Gasteiger partial charge in [0.05, 0.1) is 31.5 Å². The predicted octanol–water partition coefficient (Wildman–Crippen LogP) is 5.21. The number of benzene rings is 2. The van der Waals surface area contributed by atoms with E-state index in [2.05, 4.69) is 93.5 Å². The quantitative estimate of drug-likeness (QED) is 0.0296. The largest absolute Gasteiger partial charge is 1.00 e. The van der Waals surface area contributed by atoms with Gasteiger partial charge < -0.3 is 65.7 Å². The number of nitrogens with zero attached hydrogens (tertiary/aromatic N) is 2. The van der Waals surface area contributed by atoms with Crippen LogP contribution in [0.15, 0.2) is 36.4 Å². The van der Waals surface area contributed by atoms with E-state index in [0.29, 0.717) is 74.0 Å². The molecular formula is C67H120BrCl4N2NaO7. The Balaban J connectivity index is -0.000000317. The van der Waals surface area contributed by atoms with Crippen molar-refractivity contribution in [1.29, 1.82) is 0 Å². The van der Waals surface area contributed by atoms with Gasteiger partial charge in [-0.1, -0.05) is 204 Å². The molecule has 0 aliphatic carbocycles. The van der Waals surface area contributed by atoms with Crippen LogP contribution in [-0.4, -0.2) is 109 Å². The first-order valence-corrected chi connectivity index (χ1v) is 32.5. The van der Waals surface area contributed by atoms with Crippen LogP contribution in [0.1, 0.15) is 255 Å². The number of carbonyl (C=O) groups excluding carboxylic acids is 4. The molecule has 476 valence electrons. The van der Waals surface area contributed by atoms with Crippen molar-refractivity contribution in [2.24, 2.45) is 0 Å². The molecule has 0 aromatic heterocycles. The fourth-order valence-corrected chi connectivity index (χ4v) is 10.6. The molecule has 0 bridgehead atoms. The van der Waals surface area contributed by atoms with Crippen LogP contribution in [0.3, 0.4) is 0 Å². The van der Waals surface area contributed by atoms with E-state index in [1.54, 1.807) is 0 Å². The maximum atomic E-state index is 13.0. The second-order valence-electron chi connectivity index (χ2n) is 22.4. The van der Waals surface area contributed by atoms with Gasteiger partial charge in [0.15, 0.2) is 11.6 Å². The number of ether oxygens (including phenoxy) is 2. The van der Waals surface area contributed by atoms with Crippen LogP contribution in [-0.2, 0) is 41.5 Å². The minimum Gasteiger partial charge on any atom is -1.00 e. The standard InChI is InChI=1S/2C33H58NO3.CH2Cl2.BrH.2ClH.Na.H2O/c2*1-6-9-10-11-12-13-14-15-16-17-18-19-20-24-33(36)37-26-25-34(7-2,8-3)28-31(35)27-32-29(4)22-21-23-30(32)5;2-1-3;;;;;/h2*21-23H,6-20,24-28H2,1-5H3;1H2;3*1H;;1H2/q2*+1;;;;;+1;/p-3. The maximum absolute atomic E-state index is 13.0. The Bertz CT molecular complexity index is 1650. The Kier molecular flexibility index (Phi) is 69.7. The minimum absolute atomic E-state index is 0. The zero-order valence-electron chi connectivity index (χ0n) is 54.2. The number of unbranched alkanes of at least 4 members (excludes halogenated alkanes) is 24. The Morgan fingerprint density at radius 3 is 0.854 bits per heavy atom. The van der Waals surface area contributed by atoms with Gasteiger partial charge >= 0.3 is 41.5 Å². The van der Waals surface area contributed by atoms with Crippen molar-refractivity contribution in [1.82, 2.24) is 0 Å². The third kappa shape index (κ3) is 47.3. The van der Waals surface area contributed by atoms with Gasteiger partial charge in [-0.2, -0.15) is 0 Å². The third-order valence-corrected chi connectivity index (χ3v) is 16.4. The summed E-state index contributed by atoms with van der Waals surface area (Å²) in [7, 11) is 0. The smallest absolute Gasteiger partial charge is 1.00 e. The third-order valence-electron chi connectivity index (χ3n) is 16.4. The van der Waals surface area contributed by atoms with E-state index >= 15 is 0 Å². The number of hydrogen-bond donors (Lipinski definition) is 0. The molecule has 0 saturated carbocycles.